The highest BCUT2D eigenvalue weighted by atomic mass is 19.3. The Morgan fingerprint density at radius 1 is 1.35 bits per heavy atom. The fraction of sp³-hybridized carbons (Fsp3) is 0.857. The quantitative estimate of drug-likeness (QED) is 0.791. The zero-order valence-corrected chi connectivity index (χ0v) is 12.0. The zero-order valence-electron chi connectivity index (χ0n) is 12.0. The molecule has 1 fully saturated rings. The summed E-state index contributed by atoms with van der Waals surface area (Å²) in [5, 5.41) is 11.0. The van der Waals surface area contributed by atoms with Crippen LogP contribution in [-0.4, -0.2) is 29.5 Å². The summed E-state index contributed by atoms with van der Waals surface area (Å²) in [6, 6.07) is -1.51. The molecule has 2 atom stereocenters. The highest BCUT2D eigenvalue weighted by Crippen LogP contribution is 2.42. The molecule has 1 aliphatic rings. The average Bonchev–Trinajstić information content (AvgIpc) is 2.30. The summed E-state index contributed by atoms with van der Waals surface area (Å²) in [5.41, 5.74) is 0.0387. The summed E-state index contributed by atoms with van der Waals surface area (Å²) >= 11 is 0. The number of rotatable bonds is 6. The molecule has 1 saturated carbocycles. The molecule has 0 saturated heterocycles. The number of carboxylic acids is 1. The molecule has 4 nitrogen and oxygen atoms in total. The van der Waals surface area contributed by atoms with E-state index in [0.29, 0.717) is 0 Å². The summed E-state index contributed by atoms with van der Waals surface area (Å²) in [7, 11) is 0. The molecule has 0 bridgehead atoms. The van der Waals surface area contributed by atoms with Gasteiger partial charge in [0.1, 0.15) is 6.04 Å². The van der Waals surface area contributed by atoms with Gasteiger partial charge in [0.25, 0.3) is 0 Å². The first-order valence-corrected chi connectivity index (χ1v) is 7.02. The van der Waals surface area contributed by atoms with Gasteiger partial charge in [-0.15, -0.1) is 0 Å². The van der Waals surface area contributed by atoms with Gasteiger partial charge in [0.2, 0.25) is 12.3 Å². The Morgan fingerprint density at radius 3 is 2.50 bits per heavy atom. The van der Waals surface area contributed by atoms with E-state index in [1.165, 1.54) is 0 Å². The number of carboxylic acid groups (broad SMARTS) is 1. The third-order valence-electron chi connectivity index (χ3n) is 4.21. The van der Waals surface area contributed by atoms with Crippen molar-refractivity contribution in [3.63, 3.8) is 0 Å². The van der Waals surface area contributed by atoms with Gasteiger partial charge in [-0.25, -0.2) is 13.6 Å². The Morgan fingerprint density at radius 2 is 2.00 bits per heavy atom. The largest absolute Gasteiger partial charge is 0.480 e. The number of aliphatic carboxylic acids is 1. The molecule has 1 aliphatic carbocycles. The van der Waals surface area contributed by atoms with Crippen molar-refractivity contribution in [1.29, 1.82) is 0 Å². The predicted octanol–water partition coefficient (Wildman–Crippen LogP) is 2.82. The average molecular weight is 291 g/mol. The molecule has 2 N–H and O–H groups in total. The first kappa shape index (κ1) is 16.9. The van der Waals surface area contributed by atoms with Crippen molar-refractivity contribution in [3.8, 4) is 0 Å². The van der Waals surface area contributed by atoms with Gasteiger partial charge in [0, 0.05) is 12.8 Å². The highest BCUT2D eigenvalue weighted by Gasteiger charge is 2.34. The van der Waals surface area contributed by atoms with Crippen LogP contribution in [0, 0.1) is 11.3 Å². The number of halogens is 2. The Hall–Kier alpha value is -1.20. The third-order valence-corrected chi connectivity index (χ3v) is 4.21. The van der Waals surface area contributed by atoms with Gasteiger partial charge >= 0.3 is 5.97 Å². The predicted molar refractivity (Wildman–Crippen MR) is 70.5 cm³/mol. The molecule has 0 heterocycles. The lowest BCUT2D eigenvalue weighted by Gasteiger charge is -2.38. The molecule has 0 aromatic rings. The lowest BCUT2D eigenvalue weighted by atomic mass is 9.67. The molecule has 1 rings (SSSR count). The molecule has 20 heavy (non-hydrogen) atoms. The zero-order chi connectivity index (χ0) is 15.3. The van der Waals surface area contributed by atoms with Crippen LogP contribution in [0.2, 0.25) is 0 Å². The van der Waals surface area contributed by atoms with Crippen LogP contribution in [0.5, 0.6) is 0 Å². The molecule has 2 unspecified atom stereocenters. The topological polar surface area (TPSA) is 66.4 Å². The van der Waals surface area contributed by atoms with Crippen LogP contribution < -0.4 is 5.32 Å². The fourth-order valence-corrected chi connectivity index (χ4v) is 2.82. The van der Waals surface area contributed by atoms with Gasteiger partial charge in [-0.3, -0.25) is 4.79 Å². The van der Waals surface area contributed by atoms with E-state index in [2.05, 4.69) is 19.2 Å². The molecule has 0 radical (unpaired) electrons. The van der Waals surface area contributed by atoms with E-state index < -0.39 is 30.8 Å². The SMILES string of the molecule is CC1(C)CCCCC1CC(=O)NC(CC(F)F)C(=O)O. The standard InChI is InChI=1S/C14H23F2NO3/c1-14(2)6-4-3-5-9(14)7-12(18)17-10(13(19)20)8-11(15)16/h9-11H,3-8H2,1-2H3,(H,17,18)(H,19,20). The van der Waals surface area contributed by atoms with Crippen molar-refractivity contribution in [1.82, 2.24) is 5.32 Å². The second-order valence-corrected chi connectivity index (χ2v) is 6.22. The minimum absolute atomic E-state index is 0.0387. The van der Waals surface area contributed by atoms with Gasteiger partial charge in [-0.05, 0) is 24.2 Å². The van der Waals surface area contributed by atoms with Crippen molar-refractivity contribution in [2.24, 2.45) is 11.3 Å². The Labute approximate surface area is 117 Å². The number of hydrogen-bond donors (Lipinski definition) is 2. The first-order valence-electron chi connectivity index (χ1n) is 7.02. The van der Waals surface area contributed by atoms with E-state index in [-0.39, 0.29) is 17.8 Å². The van der Waals surface area contributed by atoms with Crippen LogP contribution in [0.3, 0.4) is 0 Å². The molecule has 0 aromatic heterocycles. The summed E-state index contributed by atoms with van der Waals surface area (Å²) in [6.45, 7) is 4.19. The summed E-state index contributed by atoms with van der Waals surface area (Å²) in [6.07, 6.45) is 0.754. The number of alkyl halides is 2. The number of amides is 1. The van der Waals surface area contributed by atoms with E-state index in [1.807, 2.05) is 0 Å². The maximum atomic E-state index is 12.3. The first-order chi connectivity index (χ1) is 9.22. The van der Waals surface area contributed by atoms with Gasteiger partial charge in [-0.2, -0.15) is 0 Å². The summed E-state index contributed by atoms with van der Waals surface area (Å²) in [5.74, 6) is -1.68. The molecule has 1 amide bonds. The number of nitrogens with one attached hydrogen (secondary N) is 1. The van der Waals surface area contributed by atoms with Crippen molar-refractivity contribution in [2.75, 3.05) is 0 Å². The van der Waals surface area contributed by atoms with E-state index in [0.717, 1.165) is 25.7 Å². The lowest BCUT2D eigenvalue weighted by Crippen LogP contribution is -2.43. The van der Waals surface area contributed by atoms with Gasteiger partial charge < -0.3 is 10.4 Å². The number of carbonyl (C=O) groups excluding carboxylic acids is 1. The van der Waals surface area contributed by atoms with Crippen LogP contribution in [0.4, 0.5) is 8.78 Å². The normalized spacial score (nSPS) is 23.4. The van der Waals surface area contributed by atoms with Crippen molar-refractivity contribution in [3.05, 3.63) is 0 Å². The number of carbonyl (C=O) groups is 2. The second-order valence-electron chi connectivity index (χ2n) is 6.22. The van der Waals surface area contributed by atoms with E-state index in [9.17, 15) is 18.4 Å². The molecular formula is C14H23F2NO3. The smallest absolute Gasteiger partial charge is 0.326 e. The van der Waals surface area contributed by atoms with Gasteiger partial charge in [0.05, 0.1) is 0 Å². The van der Waals surface area contributed by atoms with Gasteiger partial charge in [-0.1, -0.05) is 26.7 Å². The van der Waals surface area contributed by atoms with Gasteiger partial charge in [0.15, 0.2) is 0 Å². The number of hydrogen-bond acceptors (Lipinski definition) is 2. The van der Waals surface area contributed by atoms with Crippen molar-refractivity contribution < 1.29 is 23.5 Å². The van der Waals surface area contributed by atoms with E-state index in [4.69, 9.17) is 5.11 Å². The van der Waals surface area contributed by atoms with Crippen molar-refractivity contribution in [2.45, 2.75) is 64.8 Å². The second kappa shape index (κ2) is 6.99. The molecule has 116 valence electrons. The van der Waals surface area contributed by atoms with Crippen LogP contribution in [0.25, 0.3) is 0 Å². The van der Waals surface area contributed by atoms with E-state index in [1.54, 1.807) is 0 Å². The minimum atomic E-state index is -2.75. The molecular weight excluding hydrogens is 268 g/mol. The van der Waals surface area contributed by atoms with Crippen LogP contribution in [-0.2, 0) is 9.59 Å². The lowest BCUT2D eigenvalue weighted by molar-refractivity contribution is -0.143. The molecule has 0 aromatic carbocycles. The van der Waals surface area contributed by atoms with Crippen LogP contribution in [0.15, 0.2) is 0 Å². The minimum Gasteiger partial charge on any atom is -0.480 e. The summed E-state index contributed by atoms with van der Waals surface area (Å²) in [4.78, 5) is 22.7. The maximum Gasteiger partial charge on any atom is 0.326 e. The molecule has 0 aliphatic heterocycles. The molecule has 6 heteroatoms. The monoisotopic (exact) mass is 291 g/mol. The van der Waals surface area contributed by atoms with Crippen molar-refractivity contribution >= 4 is 11.9 Å². The summed E-state index contributed by atoms with van der Waals surface area (Å²) < 4.78 is 24.5. The van der Waals surface area contributed by atoms with Crippen LogP contribution in [0.1, 0.15) is 52.4 Å². The molecule has 0 spiro atoms. The Kier molecular flexibility index (Phi) is 5.89. The highest BCUT2D eigenvalue weighted by molar-refractivity contribution is 5.83. The maximum absolute atomic E-state index is 12.3. The Bertz CT molecular complexity index is 358. The third kappa shape index (κ3) is 5.06. The van der Waals surface area contributed by atoms with Crippen LogP contribution >= 0.6 is 0 Å². The Balaban J connectivity index is 2.54. The van der Waals surface area contributed by atoms with E-state index >= 15 is 0 Å². The fourth-order valence-electron chi connectivity index (χ4n) is 2.82.